The predicted octanol–water partition coefficient (Wildman–Crippen LogP) is 2.14. The fourth-order valence-corrected chi connectivity index (χ4v) is 3.13. The first-order chi connectivity index (χ1) is 11.0. The zero-order chi connectivity index (χ0) is 18.4. The highest BCUT2D eigenvalue weighted by atomic mass is 32.2. The number of rotatable bonds is 8. The summed E-state index contributed by atoms with van der Waals surface area (Å²) in [6.07, 6.45) is 0.371. The highest BCUT2D eigenvalue weighted by molar-refractivity contribution is 7.88. The van der Waals surface area contributed by atoms with Crippen LogP contribution in [0.2, 0.25) is 0 Å². The van der Waals surface area contributed by atoms with E-state index in [2.05, 4.69) is 4.72 Å². The van der Waals surface area contributed by atoms with Crippen molar-refractivity contribution in [3.8, 4) is 0 Å². The van der Waals surface area contributed by atoms with Crippen LogP contribution in [0.3, 0.4) is 0 Å². The molecule has 1 rings (SSSR count). The van der Waals surface area contributed by atoms with E-state index in [1.54, 1.807) is 26.8 Å². The van der Waals surface area contributed by atoms with Crippen LogP contribution in [0.1, 0.15) is 39.2 Å². The van der Waals surface area contributed by atoms with E-state index in [1.807, 2.05) is 0 Å². The second-order valence-electron chi connectivity index (χ2n) is 6.23. The molecule has 0 aliphatic rings. The summed E-state index contributed by atoms with van der Waals surface area (Å²) in [6, 6.07) is 5.67. The Morgan fingerprint density at radius 2 is 1.92 bits per heavy atom. The van der Waals surface area contributed by atoms with Crippen LogP contribution in [0, 0.1) is 10.1 Å². The van der Waals surface area contributed by atoms with Crippen molar-refractivity contribution in [3.05, 3.63) is 39.9 Å². The van der Waals surface area contributed by atoms with E-state index in [4.69, 9.17) is 4.74 Å². The minimum absolute atomic E-state index is 0.0577. The maximum absolute atomic E-state index is 12.0. The predicted molar refractivity (Wildman–Crippen MR) is 88.8 cm³/mol. The Balaban J connectivity index is 2.51. The summed E-state index contributed by atoms with van der Waals surface area (Å²) in [7, 11) is -3.73. The van der Waals surface area contributed by atoms with Gasteiger partial charge in [-0.2, -0.15) is 0 Å². The van der Waals surface area contributed by atoms with Crippen molar-refractivity contribution in [2.45, 2.75) is 45.0 Å². The summed E-state index contributed by atoms with van der Waals surface area (Å²) in [6.45, 7) is 5.31. The largest absolute Gasteiger partial charge is 0.460 e. The number of carbonyl (C=O) groups excluding carboxylic acids is 1. The highest BCUT2D eigenvalue weighted by Gasteiger charge is 2.20. The van der Waals surface area contributed by atoms with Gasteiger partial charge in [-0.25, -0.2) is 13.1 Å². The van der Waals surface area contributed by atoms with E-state index in [-0.39, 0.29) is 30.6 Å². The molecule has 0 amide bonds. The lowest BCUT2D eigenvalue weighted by atomic mass is 10.2. The van der Waals surface area contributed by atoms with E-state index in [0.29, 0.717) is 0 Å². The molecule has 0 aliphatic heterocycles. The summed E-state index contributed by atoms with van der Waals surface area (Å²) in [5.74, 6) is -0.892. The summed E-state index contributed by atoms with van der Waals surface area (Å²) in [5, 5.41) is 10.9. The number of nitro groups is 1. The van der Waals surface area contributed by atoms with E-state index in [1.165, 1.54) is 18.2 Å². The third-order valence-corrected chi connectivity index (χ3v) is 4.17. The summed E-state index contributed by atoms with van der Waals surface area (Å²) >= 11 is 0. The first-order valence-electron chi connectivity index (χ1n) is 7.42. The average Bonchev–Trinajstić information content (AvgIpc) is 2.41. The third-order valence-electron chi connectivity index (χ3n) is 2.83. The summed E-state index contributed by atoms with van der Waals surface area (Å²) in [4.78, 5) is 21.8. The van der Waals surface area contributed by atoms with Crippen molar-refractivity contribution >= 4 is 21.7 Å². The number of sulfonamides is 1. The second kappa shape index (κ2) is 8.20. The SMILES string of the molecule is CC(C)(C)OC(=O)CCCNS(=O)(=O)Cc1ccccc1[N+](=O)[O-]. The van der Waals surface area contributed by atoms with Gasteiger partial charge in [0.25, 0.3) is 5.69 Å². The molecule has 0 heterocycles. The number of nitro benzene ring substituents is 1. The molecule has 0 bridgehead atoms. The monoisotopic (exact) mass is 358 g/mol. The van der Waals surface area contributed by atoms with Gasteiger partial charge in [0.15, 0.2) is 0 Å². The molecule has 0 saturated carbocycles. The molecule has 0 aromatic heterocycles. The minimum Gasteiger partial charge on any atom is -0.460 e. The molecule has 0 saturated heterocycles. The molecule has 9 heteroatoms. The quantitative estimate of drug-likeness (QED) is 0.329. The van der Waals surface area contributed by atoms with Gasteiger partial charge >= 0.3 is 5.97 Å². The van der Waals surface area contributed by atoms with Crippen LogP contribution in [-0.4, -0.2) is 31.5 Å². The van der Waals surface area contributed by atoms with E-state index < -0.39 is 32.3 Å². The van der Waals surface area contributed by atoms with Crippen LogP contribution in [0.4, 0.5) is 5.69 Å². The Kier molecular flexibility index (Phi) is 6.85. The highest BCUT2D eigenvalue weighted by Crippen LogP contribution is 2.19. The molecule has 8 nitrogen and oxygen atoms in total. The Hall–Kier alpha value is -2.00. The van der Waals surface area contributed by atoms with Gasteiger partial charge in [-0.05, 0) is 27.2 Å². The van der Waals surface area contributed by atoms with Crippen molar-refractivity contribution in [3.63, 3.8) is 0 Å². The van der Waals surface area contributed by atoms with E-state index in [0.717, 1.165) is 0 Å². The van der Waals surface area contributed by atoms with Crippen LogP contribution in [0.5, 0.6) is 0 Å². The number of carbonyl (C=O) groups is 1. The average molecular weight is 358 g/mol. The van der Waals surface area contributed by atoms with Gasteiger partial charge in [0.05, 0.1) is 10.7 Å². The lowest BCUT2D eigenvalue weighted by Gasteiger charge is -2.19. The van der Waals surface area contributed by atoms with Crippen LogP contribution in [0.25, 0.3) is 0 Å². The van der Waals surface area contributed by atoms with Gasteiger partial charge in [0.1, 0.15) is 5.60 Å². The summed E-state index contributed by atoms with van der Waals surface area (Å²) < 4.78 is 31.4. The Morgan fingerprint density at radius 3 is 2.50 bits per heavy atom. The number of benzene rings is 1. The number of hydrogen-bond donors (Lipinski definition) is 1. The first kappa shape index (κ1) is 20.0. The fourth-order valence-electron chi connectivity index (χ4n) is 1.92. The van der Waals surface area contributed by atoms with Crippen LogP contribution >= 0.6 is 0 Å². The molecule has 24 heavy (non-hydrogen) atoms. The van der Waals surface area contributed by atoms with Crippen molar-refractivity contribution in [2.24, 2.45) is 0 Å². The molecule has 0 fully saturated rings. The maximum Gasteiger partial charge on any atom is 0.306 e. The zero-order valence-corrected chi connectivity index (χ0v) is 14.8. The second-order valence-corrected chi connectivity index (χ2v) is 8.04. The Morgan fingerprint density at radius 1 is 1.29 bits per heavy atom. The molecular formula is C15H22N2O6S. The molecular weight excluding hydrogens is 336 g/mol. The van der Waals surface area contributed by atoms with Crippen molar-refractivity contribution < 1.29 is 22.9 Å². The minimum atomic E-state index is -3.73. The van der Waals surface area contributed by atoms with Gasteiger partial charge in [0.2, 0.25) is 10.0 Å². The molecule has 1 aromatic carbocycles. The number of nitrogens with one attached hydrogen (secondary N) is 1. The fraction of sp³-hybridized carbons (Fsp3) is 0.533. The molecule has 1 aromatic rings. The van der Waals surface area contributed by atoms with E-state index in [9.17, 15) is 23.3 Å². The Labute approximate surface area is 141 Å². The molecule has 0 spiro atoms. The first-order valence-corrected chi connectivity index (χ1v) is 9.07. The molecule has 0 atom stereocenters. The standard InChI is InChI=1S/C15H22N2O6S/c1-15(2,3)23-14(18)9-6-10-16-24(21,22)11-12-7-4-5-8-13(12)17(19)20/h4-5,7-8,16H,6,9-11H2,1-3H3. The maximum atomic E-state index is 12.0. The van der Waals surface area contributed by atoms with Gasteiger partial charge in [-0.3, -0.25) is 14.9 Å². The van der Waals surface area contributed by atoms with Crippen LogP contribution in [0.15, 0.2) is 24.3 Å². The lowest BCUT2D eigenvalue weighted by Crippen LogP contribution is -2.28. The van der Waals surface area contributed by atoms with Gasteiger partial charge in [-0.1, -0.05) is 18.2 Å². The number of hydrogen-bond acceptors (Lipinski definition) is 6. The molecule has 0 aliphatic carbocycles. The normalized spacial score (nSPS) is 12.0. The molecule has 1 N–H and O–H groups in total. The number of esters is 1. The van der Waals surface area contributed by atoms with Crippen LogP contribution < -0.4 is 4.72 Å². The zero-order valence-electron chi connectivity index (χ0n) is 13.9. The van der Waals surface area contributed by atoms with Gasteiger partial charge < -0.3 is 4.74 Å². The summed E-state index contributed by atoms with van der Waals surface area (Å²) in [5.41, 5.74) is -0.707. The number of ether oxygens (including phenoxy) is 1. The van der Waals surface area contributed by atoms with Gasteiger partial charge in [-0.15, -0.1) is 0 Å². The van der Waals surface area contributed by atoms with Crippen molar-refractivity contribution in [2.75, 3.05) is 6.54 Å². The number of para-hydroxylation sites is 1. The topological polar surface area (TPSA) is 116 Å². The van der Waals surface area contributed by atoms with Crippen molar-refractivity contribution in [1.29, 1.82) is 0 Å². The van der Waals surface area contributed by atoms with E-state index >= 15 is 0 Å². The Bertz CT molecular complexity index is 694. The van der Waals surface area contributed by atoms with Gasteiger partial charge in [0, 0.05) is 24.6 Å². The molecule has 0 radical (unpaired) electrons. The van der Waals surface area contributed by atoms with Crippen molar-refractivity contribution in [1.82, 2.24) is 4.72 Å². The molecule has 134 valence electrons. The smallest absolute Gasteiger partial charge is 0.306 e. The van der Waals surface area contributed by atoms with Crippen LogP contribution in [-0.2, 0) is 25.3 Å². The number of nitrogens with zero attached hydrogens (tertiary/aromatic N) is 1. The third kappa shape index (κ3) is 7.51. The lowest BCUT2D eigenvalue weighted by molar-refractivity contribution is -0.385. The molecule has 0 unspecified atom stereocenters.